The van der Waals surface area contributed by atoms with Gasteiger partial charge in [-0.2, -0.15) is 0 Å². The maximum absolute atomic E-state index is 3.65. The summed E-state index contributed by atoms with van der Waals surface area (Å²) in [7, 11) is 0. The summed E-state index contributed by atoms with van der Waals surface area (Å²) in [5, 5.41) is 3.65. The molecule has 1 atom stereocenters. The van der Waals surface area contributed by atoms with Gasteiger partial charge < -0.3 is 5.32 Å². The molecule has 1 unspecified atom stereocenters. The molecule has 1 heteroatoms. The summed E-state index contributed by atoms with van der Waals surface area (Å²) in [6.45, 7) is 6.50. The summed E-state index contributed by atoms with van der Waals surface area (Å²) in [5.41, 5.74) is 5.19. The number of nitrogens with one attached hydrogen (secondary N) is 1. The van der Waals surface area contributed by atoms with E-state index in [9.17, 15) is 0 Å². The Kier molecular flexibility index (Phi) is 4.03. The lowest BCUT2D eigenvalue weighted by molar-refractivity contribution is 0.748. The van der Waals surface area contributed by atoms with Crippen molar-refractivity contribution in [2.75, 3.05) is 5.32 Å². The van der Waals surface area contributed by atoms with Crippen molar-refractivity contribution in [1.82, 2.24) is 0 Å². The highest BCUT2D eigenvalue weighted by Crippen LogP contribution is 2.25. The number of benzene rings is 2. The second kappa shape index (κ2) is 5.72. The average molecular weight is 239 g/mol. The maximum Gasteiger partial charge on any atom is 0.0511 e. The van der Waals surface area contributed by atoms with E-state index in [1.807, 2.05) is 0 Å². The molecule has 0 aliphatic carbocycles. The Morgan fingerprint density at radius 1 is 1.00 bits per heavy atom. The van der Waals surface area contributed by atoms with Gasteiger partial charge in [0.2, 0.25) is 0 Å². The number of hydrogen-bond donors (Lipinski definition) is 1. The lowest BCUT2D eigenvalue weighted by Crippen LogP contribution is -2.10. The summed E-state index contributed by atoms with van der Waals surface area (Å²) in [4.78, 5) is 0. The molecule has 1 N–H and O–H groups in total. The van der Waals surface area contributed by atoms with E-state index in [-0.39, 0.29) is 0 Å². The fourth-order valence-corrected chi connectivity index (χ4v) is 2.19. The van der Waals surface area contributed by atoms with Gasteiger partial charge in [-0.3, -0.25) is 0 Å². The Labute approximate surface area is 110 Å². The highest BCUT2D eigenvalue weighted by atomic mass is 14.9. The van der Waals surface area contributed by atoms with Crippen molar-refractivity contribution in [3.05, 3.63) is 65.2 Å². The third-order valence-corrected chi connectivity index (χ3v) is 3.33. The molecular weight excluding hydrogens is 218 g/mol. The zero-order valence-corrected chi connectivity index (χ0v) is 11.4. The first-order valence-corrected chi connectivity index (χ1v) is 6.59. The second-order valence-electron chi connectivity index (χ2n) is 4.83. The molecule has 2 rings (SSSR count). The first kappa shape index (κ1) is 12.7. The minimum Gasteiger partial charge on any atom is -0.378 e. The first-order valence-electron chi connectivity index (χ1n) is 6.59. The van der Waals surface area contributed by atoms with Gasteiger partial charge in [-0.1, -0.05) is 49.4 Å². The van der Waals surface area contributed by atoms with E-state index < -0.39 is 0 Å². The molecule has 0 bridgehead atoms. The highest BCUT2D eigenvalue weighted by molar-refractivity contribution is 5.54. The van der Waals surface area contributed by atoms with Crippen LogP contribution in [-0.4, -0.2) is 0 Å². The standard InChI is InChI=1S/C17H21N/c1-4-16(15-8-6-5-7-9-15)18-17-12-13(2)10-11-14(17)3/h5-12,16,18H,4H2,1-3H3. The highest BCUT2D eigenvalue weighted by Gasteiger charge is 2.09. The number of anilines is 1. The molecule has 0 saturated heterocycles. The maximum atomic E-state index is 3.65. The van der Waals surface area contributed by atoms with Crippen LogP contribution in [0.25, 0.3) is 0 Å². The van der Waals surface area contributed by atoms with Gasteiger partial charge in [0.1, 0.15) is 0 Å². The SMILES string of the molecule is CCC(Nc1cc(C)ccc1C)c1ccccc1. The fourth-order valence-electron chi connectivity index (χ4n) is 2.19. The minimum absolute atomic E-state index is 0.381. The lowest BCUT2D eigenvalue weighted by Gasteiger charge is -2.20. The topological polar surface area (TPSA) is 12.0 Å². The van der Waals surface area contributed by atoms with Crippen molar-refractivity contribution in [2.24, 2.45) is 0 Å². The number of aryl methyl sites for hydroxylation is 2. The Morgan fingerprint density at radius 2 is 1.72 bits per heavy atom. The molecule has 0 heterocycles. The van der Waals surface area contributed by atoms with E-state index >= 15 is 0 Å². The largest absolute Gasteiger partial charge is 0.378 e. The van der Waals surface area contributed by atoms with Crippen molar-refractivity contribution >= 4 is 5.69 Å². The van der Waals surface area contributed by atoms with Crippen LogP contribution in [0.15, 0.2) is 48.5 Å². The molecular formula is C17H21N. The monoisotopic (exact) mass is 239 g/mol. The van der Waals surface area contributed by atoms with Gasteiger partial charge in [-0.15, -0.1) is 0 Å². The molecule has 0 saturated carbocycles. The molecule has 0 amide bonds. The van der Waals surface area contributed by atoms with Gasteiger partial charge >= 0.3 is 0 Å². The summed E-state index contributed by atoms with van der Waals surface area (Å²) in [6, 6.07) is 17.6. The van der Waals surface area contributed by atoms with Crippen molar-refractivity contribution < 1.29 is 0 Å². The Balaban J connectivity index is 2.23. The third-order valence-electron chi connectivity index (χ3n) is 3.33. The molecule has 2 aromatic carbocycles. The van der Waals surface area contributed by atoms with Crippen LogP contribution < -0.4 is 5.32 Å². The third kappa shape index (κ3) is 2.92. The quantitative estimate of drug-likeness (QED) is 0.803. The molecule has 0 fully saturated rings. The Hall–Kier alpha value is -1.76. The summed E-state index contributed by atoms with van der Waals surface area (Å²) >= 11 is 0. The van der Waals surface area contributed by atoms with E-state index in [0.717, 1.165) is 6.42 Å². The van der Waals surface area contributed by atoms with Crippen molar-refractivity contribution in [2.45, 2.75) is 33.2 Å². The van der Waals surface area contributed by atoms with Gasteiger partial charge in [0.15, 0.2) is 0 Å². The second-order valence-corrected chi connectivity index (χ2v) is 4.83. The Bertz CT molecular complexity index is 502. The normalized spacial score (nSPS) is 12.2. The van der Waals surface area contributed by atoms with Crippen LogP contribution >= 0.6 is 0 Å². The van der Waals surface area contributed by atoms with Gasteiger partial charge in [0.25, 0.3) is 0 Å². The van der Waals surface area contributed by atoms with Crippen LogP contribution in [0.2, 0.25) is 0 Å². The van der Waals surface area contributed by atoms with Crippen molar-refractivity contribution in [1.29, 1.82) is 0 Å². The minimum atomic E-state index is 0.381. The molecule has 1 nitrogen and oxygen atoms in total. The summed E-state index contributed by atoms with van der Waals surface area (Å²) in [5.74, 6) is 0. The molecule has 0 aliphatic heterocycles. The first-order chi connectivity index (χ1) is 8.70. The van der Waals surface area contributed by atoms with Crippen LogP contribution in [0.1, 0.15) is 36.1 Å². The predicted molar refractivity (Wildman–Crippen MR) is 79.0 cm³/mol. The van der Waals surface area contributed by atoms with Crippen molar-refractivity contribution in [3.8, 4) is 0 Å². The number of rotatable bonds is 4. The van der Waals surface area contributed by atoms with E-state index in [1.54, 1.807) is 0 Å². The zero-order valence-electron chi connectivity index (χ0n) is 11.4. The molecule has 0 aliphatic rings. The van der Waals surface area contributed by atoms with Crippen molar-refractivity contribution in [3.63, 3.8) is 0 Å². The van der Waals surface area contributed by atoms with Crippen LogP contribution in [0.4, 0.5) is 5.69 Å². The Morgan fingerprint density at radius 3 is 2.39 bits per heavy atom. The van der Waals surface area contributed by atoms with E-state index in [1.165, 1.54) is 22.4 Å². The van der Waals surface area contributed by atoms with E-state index in [0.29, 0.717) is 6.04 Å². The summed E-state index contributed by atoms with van der Waals surface area (Å²) < 4.78 is 0. The van der Waals surface area contributed by atoms with Crippen LogP contribution in [-0.2, 0) is 0 Å². The fraction of sp³-hybridized carbons (Fsp3) is 0.294. The van der Waals surface area contributed by atoms with Gasteiger partial charge in [0.05, 0.1) is 6.04 Å². The molecule has 0 radical (unpaired) electrons. The molecule has 0 spiro atoms. The van der Waals surface area contributed by atoms with Crippen LogP contribution in [0.3, 0.4) is 0 Å². The zero-order chi connectivity index (χ0) is 13.0. The van der Waals surface area contributed by atoms with Gasteiger partial charge in [-0.25, -0.2) is 0 Å². The molecule has 18 heavy (non-hydrogen) atoms. The smallest absolute Gasteiger partial charge is 0.0511 e. The molecule has 2 aromatic rings. The van der Waals surface area contributed by atoms with Crippen LogP contribution in [0.5, 0.6) is 0 Å². The average Bonchev–Trinajstić information content (AvgIpc) is 2.41. The summed E-state index contributed by atoms with van der Waals surface area (Å²) in [6.07, 6.45) is 1.08. The van der Waals surface area contributed by atoms with E-state index in [4.69, 9.17) is 0 Å². The predicted octanol–water partition coefficient (Wildman–Crippen LogP) is 4.87. The van der Waals surface area contributed by atoms with Gasteiger partial charge in [-0.05, 0) is 43.0 Å². The van der Waals surface area contributed by atoms with Crippen LogP contribution in [0, 0.1) is 13.8 Å². The molecule has 94 valence electrons. The molecule has 0 aromatic heterocycles. The number of hydrogen-bond acceptors (Lipinski definition) is 1. The van der Waals surface area contributed by atoms with Gasteiger partial charge in [0, 0.05) is 5.69 Å². The van der Waals surface area contributed by atoms with E-state index in [2.05, 4.69) is 74.6 Å². The lowest BCUT2D eigenvalue weighted by atomic mass is 10.0.